The van der Waals surface area contributed by atoms with Gasteiger partial charge in [-0.1, -0.05) is 24.1 Å². The van der Waals surface area contributed by atoms with Crippen molar-refractivity contribution in [1.82, 2.24) is 9.97 Å². The molecule has 0 aliphatic rings. The lowest BCUT2D eigenvalue weighted by atomic mass is 10.1. The van der Waals surface area contributed by atoms with E-state index in [1.165, 1.54) is 11.1 Å². The molecule has 1 N–H and O–H groups in total. The Bertz CT molecular complexity index is 598. The quantitative estimate of drug-likeness (QED) is 0.904. The van der Waals surface area contributed by atoms with Crippen LogP contribution in [-0.2, 0) is 0 Å². The summed E-state index contributed by atoms with van der Waals surface area (Å²) in [5.41, 5.74) is 5.74. The molecular weight excluding hydrogens is 246 g/mol. The van der Waals surface area contributed by atoms with Crippen LogP contribution in [0.3, 0.4) is 0 Å². The van der Waals surface area contributed by atoms with Crippen LogP contribution in [0.5, 0.6) is 0 Å². The molecule has 1 aromatic heterocycles. The standard InChI is InChI=1S/C17H23N3/c1-6-7-18-16-13(4)14(5)19-17(20-16)15-9-11(2)8-12(3)10-15/h8-10H,6-7H2,1-5H3,(H,18,19,20). The molecule has 3 heteroatoms. The van der Waals surface area contributed by atoms with Crippen molar-refractivity contribution in [3.05, 3.63) is 40.6 Å². The minimum absolute atomic E-state index is 0.804. The number of anilines is 1. The Morgan fingerprint density at radius 2 is 1.60 bits per heavy atom. The predicted octanol–water partition coefficient (Wildman–Crippen LogP) is 4.20. The lowest BCUT2D eigenvalue weighted by molar-refractivity contribution is 0.954. The van der Waals surface area contributed by atoms with Crippen LogP contribution in [0.4, 0.5) is 5.82 Å². The third-order valence-corrected chi connectivity index (χ3v) is 3.41. The molecule has 0 bridgehead atoms. The smallest absolute Gasteiger partial charge is 0.161 e. The molecule has 2 rings (SSSR count). The average Bonchev–Trinajstić information content (AvgIpc) is 2.39. The normalized spacial score (nSPS) is 10.7. The molecule has 106 valence electrons. The zero-order valence-electron chi connectivity index (χ0n) is 13.0. The van der Waals surface area contributed by atoms with Gasteiger partial charge in [-0.05, 0) is 46.2 Å². The van der Waals surface area contributed by atoms with Gasteiger partial charge >= 0.3 is 0 Å². The molecule has 20 heavy (non-hydrogen) atoms. The minimum atomic E-state index is 0.804. The molecule has 0 unspecified atom stereocenters. The van der Waals surface area contributed by atoms with E-state index in [1.807, 2.05) is 6.92 Å². The van der Waals surface area contributed by atoms with Crippen LogP contribution in [0.1, 0.15) is 35.7 Å². The molecule has 2 aromatic rings. The Hall–Kier alpha value is -1.90. The molecule has 0 atom stereocenters. The Morgan fingerprint density at radius 3 is 2.20 bits per heavy atom. The molecule has 0 aliphatic heterocycles. The van der Waals surface area contributed by atoms with E-state index in [4.69, 9.17) is 4.98 Å². The fourth-order valence-electron chi connectivity index (χ4n) is 2.28. The topological polar surface area (TPSA) is 37.8 Å². The van der Waals surface area contributed by atoms with Gasteiger partial charge in [-0.2, -0.15) is 0 Å². The first-order valence-electron chi connectivity index (χ1n) is 7.19. The first-order chi connectivity index (χ1) is 9.51. The van der Waals surface area contributed by atoms with Crippen LogP contribution in [-0.4, -0.2) is 16.5 Å². The summed E-state index contributed by atoms with van der Waals surface area (Å²) in [4.78, 5) is 9.34. The van der Waals surface area contributed by atoms with Crippen molar-refractivity contribution in [2.24, 2.45) is 0 Å². The Kier molecular flexibility index (Phi) is 4.38. The molecule has 0 saturated carbocycles. The van der Waals surface area contributed by atoms with E-state index < -0.39 is 0 Å². The van der Waals surface area contributed by atoms with Gasteiger partial charge in [-0.3, -0.25) is 0 Å². The fraction of sp³-hybridized carbons (Fsp3) is 0.412. The number of hydrogen-bond donors (Lipinski definition) is 1. The lowest BCUT2D eigenvalue weighted by Gasteiger charge is -2.12. The van der Waals surface area contributed by atoms with Crippen molar-refractivity contribution in [2.45, 2.75) is 41.0 Å². The van der Waals surface area contributed by atoms with E-state index in [-0.39, 0.29) is 0 Å². The highest BCUT2D eigenvalue weighted by molar-refractivity contribution is 5.61. The molecule has 0 radical (unpaired) electrons. The summed E-state index contributed by atoms with van der Waals surface area (Å²) in [6.45, 7) is 11.4. The number of hydrogen-bond acceptors (Lipinski definition) is 3. The number of aromatic nitrogens is 2. The second-order valence-electron chi connectivity index (χ2n) is 5.41. The zero-order chi connectivity index (χ0) is 14.7. The van der Waals surface area contributed by atoms with Crippen molar-refractivity contribution < 1.29 is 0 Å². The van der Waals surface area contributed by atoms with Crippen molar-refractivity contribution >= 4 is 5.82 Å². The molecule has 0 amide bonds. The van der Waals surface area contributed by atoms with E-state index in [1.54, 1.807) is 0 Å². The average molecular weight is 269 g/mol. The van der Waals surface area contributed by atoms with Crippen LogP contribution < -0.4 is 5.32 Å². The second-order valence-corrected chi connectivity index (χ2v) is 5.41. The van der Waals surface area contributed by atoms with E-state index in [0.717, 1.165) is 41.4 Å². The van der Waals surface area contributed by atoms with Gasteiger partial charge in [0.1, 0.15) is 5.82 Å². The molecule has 1 heterocycles. The molecule has 0 spiro atoms. The minimum Gasteiger partial charge on any atom is -0.370 e. The summed E-state index contributed by atoms with van der Waals surface area (Å²) in [7, 11) is 0. The summed E-state index contributed by atoms with van der Waals surface area (Å²) in [5, 5.41) is 3.39. The molecular formula is C17H23N3. The van der Waals surface area contributed by atoms with Crippen LogP contribution in [0.15, 0.2) is 18.2 Å². The van der Waals surface area contributed by atoms with Crippen LogP contribution in [0, 0.1) is 27.7 Å². The van der Waals surface area contributed by atoms with Gasteiger partial charge in [0.15, 0.2) is 5.82 Å². The highest BCUT2D eigenvalue weighted by atomic mass is 15.0. The predicted molar refractivity (Wildman–Crippen MR) is 85.2 cm³/mol. The Morgan fingerprint density at radius 1 is 0.950 bits per heavy atom. The number of rotatable bonds is 4. The van der Waals surface area contributed by atoms with Crippen LogP contribution >= 0.6 is 0 Å². The van der Waals surface area contributed by atoms with Crippen molar-refractivity contribution in [2.75, 3.05) is 11.9 Å². The third-order valence-electron chi connectivity index (χ3n) is 3.41. The summed E-state index contributed by atoms with van der Waals surface area (Å²) in [5.74, 6) is 1.76. The SMILES string of the molecule is CCCNc1nc(-c2cc(C)cc(C)c2)nc(C)c1C. The summed E-state index contributed by atoms with van der Waals surface area (Å²) >= 11 is 0. The van der Waals surface area contributed by atoms with Gasteiger partial charge in [0.05, 0.1) is 0 Å². The summed E-state index contributed by atoms with van der Waals surface area (Å²) in [6.07, 6.45) is 1.08. The molecule has 0 aliphatic carbocycles. The highest BCUT2D eigenvalue weighted by Gasteiger charge is 2.10. The third kappa shape index (κ3) is 3.16. The molecule has 1 aromatic carbocycles. The van der Waals surface area contributed by atoms with Gasteiger partial charge in [0.2, 0.25) is 0 Å². The van der Waals surface area contributed by atoms with Crippen molar-refractivity contribution in [3.8, 4) is 11.4 Å². The first-order valence-corrected chi connectivity index (χ1v) is 7.19. The maximum Gasteiger partial charge on any atom is 0.161 e. The summed E-state index contributed by atoms with van der Waals surface area (Å²) < 4.78 is 0. The largest absolute Gasteiger partial charge is 0.370 e. The Labute approximate surface area is 121 Å². The van der Waals surface area contributed by atoms with Gasteiger partial charge in [0.25, 0.3) is 0 Å². The van der Waals surface area contributed by atoms with E-state index in [0.29, 0.717) is 0 Å². The number of benzene rings is 1. The highest BCUT2D eigenvalue weighted by Crippen LogP contribution is 2.23. The van der Waals surface area contributed by atoms with E-state index in [9.17, 15) is 0 Å². The monoisotopic (exact) mass is 269 g/mol. The van der Waals surface area contributed by atoms with Gasteiger partial charge in [0, 0.05) is 23.4 Å². The van der Waals surface area contributed by atoms with Crippen molar-refractivity contribution in [1.29, 1.82) is 0 Å². The van der Waals surface area contributed by atoms with Gasteiger partial charge in [-0.25, -0.2) is 9.97 Å². The van der Waals surface area contributed by atoms with E-state index >= 15 is 0 Å². The van der Waals surface area contributed by atoms with Gasteiger partial charge < -0.3 is 5.32 Å². The molecule has 0 fully saturated rings. The zero-order valence-corrected chi connectivity index (χ0v) is 13.0. The van der Waals surface area contributed by atoms with Gasteiger partial charge in [-0.15, -0.1) is 0 Å². The molecule has 3 nitrogen and oxygen atoms in total. The lowest BCUT2D eigenvalue weighted by Crippen LogP contribution is -2.07. The second kappa shape index (κ2) is 6.04. The number of nitrogens with zero attached hydrogens (tertiary/aromatic N) is 2. The Balaban J connectivity index is 2.48. The fourth-order valence-corrected chi connectivity index (χ4v) is 2.28. The van der Waals surface area contributed by atoms with Crippen LogP contribution in [0.2, 0.25) is 0 Å². The summed E-state index contributed by atoms with van der Waals surface area (Å²) in [6, 6.07) is 6.45. The number of aryl methyl sites for hydroxylation is 3. The van der Waals surface area contributed by atoms with Crippen molar-refractivity contribution in [3.63, 3.8) is 0 Å². The van der Waals surface area contributed by atoms with E-state index in [2.05, 4.69) is 56.2 Å². The first kappa shape index (κ1) is 14.5. The maximum atomic E-state index is 4.70. The number of nitrogens with one attached hydrogen (secondary N) is 1. The van der Waals surface area contributed by atoms with Crippen LogP contribution in [0.25, 0.3) is 11.4 Å². The maximum absolute atomic E-state index is 4.70. The molecule has 0 saturated heterocycles.